The molecule has 0 bridgehead atoms. The van der Waals surface area contributed by atoms with Crippen LogP contribution in [0.3, 0.4) is 0 Å². The monoisotopic (exact) mass is 253 g/mol. The van der Waals surface area contributed by atoms with Crippen LogP contribution in [0.1, 0.15) is 20.8 Å². The first-order chi connectivity index (χ1) is 6.99. The van der Waals surface area contributed by atoms with E-state index in [-0.39, 0.29) is 0 Å². The van der Waals surface area contributed by atoms with Crippen molar-refractivity contribution in [2.75, 3.05) is 12.7 Å². The van der Waals surface area contributed by atoms with Gasteiger partial charge < -0.3 is 19.8 Å². The van der Waals surface area contributed by atoms with Crippen LogP contribution < -0.4 is 5.32 Å². The van der Waals surface area contributed by atoms with Gasteiger partial charge in [-0.25, -0.2) is 4.79 Å². The van der Waals surface area contributed by atoms with E-state index in [2.05, 4.69) is 5.32 Å². The first kappa shape index (κ1) is 15.1. The van der Waals surface area contributed by atoms with Gasteiger partial charge >= 0.3 is 13.7 Å². The van der Waals surface area contributed by atoms with Gasteiger partial charge in [0.25, 0.3) is 0 Å². The number of ether oxygens (including phenoxy) is 1. The molecule has 16 heavy (non-hydrogen) atoms. The molecule has 0 radical (unpaired) electrons. The molecule has 0 unspecified atom stereocenters. The molecule has 0 saturated heterocycles. The van der Waals surface area contributed by atoms with Crippen molar-refractivity contribution in [1.29, 1.82) is 0 Å². The highest BCUT2D eigenvalue weighted by molar-refractivity contribution is 7.52. The Kier molecular flexibility index (Phi) is 5.12. The number of rotatable bonds is 4. The second-order valence-electron chi connectivity index (χ2n) is 4.22. The highest BCUT2D eigenvalue weighted by atomic mass is 31.2. The van der Waals surface area contributed by atoms with Crippen LogP contribution in [0.5, 0.6) is 0 Å². The number of Topliss-reactive ketones (excluding diaryl/α,β-unsaturated/α-hetero) is 1. The number of nitrogens with one attached hydrogen (secondary N) is 1. The lowest BCUT2D eigenvalue weighted by Gasteiger charge is -2.19. The molecule has 3 N–H and O–H groups in total. The van der Waals surface area contributed by atoms with E-state index in [0.29, 0.717) is 0 Å². The number of amides is 1. The lowest BCUT2D eigenvalue weighted by atomic mass is 10.2. The molecule has 1 amide bonds. The van der Waals surface area contributed by atoms with E-state index in [1.54, 1.807) is 20.8 Å². The first-order valence-electron chi connectivity index (χ1n) is 4.53. The fourth-order valence-electron chi connectivity index (χ4n) is 0.771. The zero-order valence-corrected chi connectivity index (χ0v) is 10.3. The molecule has 0 spiro atoms. The van der Waals surface area contributed by atoms with Crippen LogP contribution in [0.2, 0.25) is 0 Å². The number of carbonyl (C=O) groups excluding carboxylic acids is 2. The minimum atomic E-state index is -4.36. The fraction of sp³-hybridized carbons (Fsp3) is 0.750. The van der Waals surface area contributed by atoms with Crippen LogP contribution in [0.15, 0.2) is 0 Å². The average molecular weight is 253 g/mol. The van der Waals surface area contributed by atoms with Crippen molar-refractivity contribution in [3.8, 4) is 0 Å². The Hall–Kier alpha value is -0.910. The normalized spacial score (nSPS) is 12.1. The van der Waals surface area contributed by atoms with Gasteiger partial charge in [-0.3, -0.25) is 9.36 Å². The van der Waals surface area contributed by atoms with Crippen LogP contribution in [0, 0.1) is 0 Å². The Morgan fingerprint density at radius 1 is 1.31 bits per heavy atom. The molecule has 94 valence electrons. The topological polar surface area (TPSA) is 113 Å². The highest BCUT2D eigenvalue weighted by Crippen LogP contribution is 2.33. The zero-order valence-electron chi connectivity index (χ0n) is 9.39. The highest BCUT2D eigenvalue weighted by Gasteiger charge is 2.21. The second-order valence-corrected chi connectivity index (χ2v) is 5.86. The minimum absolute atomic E-state index is 0.458. The van der Waals surface area contributed by atoms with E-state index in [0.717, 1.165) is 0 Å². The number of hydrogen-bond donors (Lipinski definition) is 3. The summed E-state index contributed by atoms with van der Waals surface area (Å²) >= 11 is 0. The summed E-state index contributed by atoms with van der Waals surface area (Å²) in [7, 11) is -4.36. The third-order valence-electron chi connectivity index (χ3n) is 1.21. The molecule has 0 fully saturated rings. The van der Waals surface area contributed by atoms with E-state index in [1.807, 2.05) is 0 Å². The summed E-state index contributed by atoms with van der Waals surface area (Å²) in [5.74, 6) is -0.751. The summed E-state index contributed by atoms with van der Waals surface area (Å²) in [6.45, 7) is 4.51. The number of alkyl carbamates (subject to hydrolysis) is 1. The third kappa shape index (κ3) is 9.64. The molecular weight excluding hydrogens is 237 g/mol. The summed E-state index contributed by atoms with van der Waals surface area (Å²) in [5.41, 5.74) is -0.684. The summed E-state index contributed by atoms with van der Waals surface area (Å²) in [5, 5.41) is 2.11. The lowest BCUT2D eigenvalue weighted by Crippen LogP contribution is -2.36. The van der Waals surface area contributed by atoms with Crippen LogP contribution in [0.4, 0.5) is 4.79 Å². The van der Waals surface area contributed by atoms with Gasteiger partial charge in [0, 0.05) is 0 Å². The molecule has 0 rings (SSSR count). The van der Waals surface area contributed by atoms with Crippen molar-refractivity contribution in [3.63, 3.8) is 0 Å². The molecule has 0 aromatic carbocycles. The van der Waals surface area contributed by atoms with Gasteiger partial charge in [-0.2, -0.15) is 0 Å². The average Bonchev–Trinajstić information content (AvgIpc) is 1.94. The van der Waals surface area contributed by atoms with Crippen molar-refractivity contribution >= 4 is 19.5 Å². The predicted molar refractivity (Wildman–Crippen MR) is 56.2 cm³/mol. The molecular formula is C8H16NO6P. The first-order valence-corrected chi connectivity index (χ1v) is 6.32. The van der Waals surface area contributed by atoms with Gasteiger partial charge in [0.15, 0.2) is 5.78 Å². The fourth-order valence-corrected chi connectivity index (χ4v) is 1.34. The number of hydrogen-bond acceptors (Lipinski definition) is 4. The third-order valence-corrected chi connectivity index (χ3v) is 1.98. The van der Waals surface area contributed by atoms with Gasteiger partial charge in [-0.1, -0.05) is 0 Å². The summed E-state index contributed by atoms with van der Waals surface area (Å²) in [6, 6.07) is 0. The standard InChI is InChI=1S/C8H16NO6P/c1-8(2,3)15-7(11)9-4-6(10)5-16(12,13)14/h4-5H2,1-3H3,(H,9,11)(H2,12,13,14). The maximum absolute atomic E-state index is 11.0. The van der Waals surface area contributed by atoms with Crippen LogP contribution >= 0.6 is 7.60 Å². The van der Waals surface area contributed by atoms with Crippen molar-refractivity contribution in [1.82, 2.24) is 5.32 Å². The minimum Gasteiger partial charge on any atom is -0.444 e. The van der Waals surface area contributed by atoms with Crippen LogP contribution in [0.25, 0.3) is 0 Å². The largest absolute Gasteiger partial charge is 0.444 e. The van der Waals surface area contributed by atoms with Crippen molar-refractivity contribution < 1.29 is 28.7 Å². The SMILES string of the molecule is CC(C)(C)OC(=O)NCC(=O)CP(=O)(O)O. The molecule has 0 heterocycles. The summed E-state index contributed by atoms with van der Waals surface area (Å²) in [4.78, 5) is 39.0. The lowest BCUT2D eigenvalue weighted by molar-refractivity contribution is -0.116. The van der Waals surface area contributed by atoms with E-state index in [9.17, 15) is 14.2 Å². The van der Waals surface area contributed by atoms with Gasteiger partial charge in [0.2, 0.25) is 0 Å². The molecule has 0 atom stereocenters. The number of ketones is 1. The molecule has 0 aliphatic heterocycles. The molecule has 0 aromatic heterocycles. The molecule has 8 heteroatoms. The van der Waals surface area contributed by atoms with E-state index in [4.69, 9.17) is 14.5 Å². The Bertz CT molecular complexity index is 315. The van der Waals surface area contributed by atoms with Crippen molar-refractivity contribution in [2.45, 2.75) is 26.4 Å². The molecule has 7 nitrogen and oxygen atoms in total. The van der Waals surface area contributed by atoms with Crippen molar-refractivity contribution in [2.24, 2.45) is 0 Å². The predicted octanol–water partition coefficient (Wildman–Crippen LogP) is 0.258. The maximum Gasteiger partial charge on any atom is 0.408 e. The molecule has 0 aliphatic rings. The van der Waals surface area contributed by atoms with Gasteiger partial charge in [0.05, 0.1) is 6.54 Å². The zero-order chi connectivity index (χ0) is 13.0. The Labute approximate surface area is 93.3 Å². The second kappa shape index (κ2) is 5.43. The van der Waals surface area contributed by atoms with E-state index in [1.165, 1.54) is 0 Å². The molecule has 0 aliphatic carbocycles. The Morgan fingerprint density at radius 2 is 1.81 bits per heavy atom. The quantitative estimate of drug-likeness (QED) is 0.619. The maximum atomic E-state index is 11.0. The Balaban J connectivity index is 3.94. The number of carbonyl (C=O) groups is 2. The van der Waals surface area contributed by atoms with Gasteiger partial charge in [0.1, 0.15) is 11.8 Å². The molecule has 0 aromatic rings. The summed E-state index contributed by atoms with van der Waals surface area (Å²) < 4.78 is 15.3. The van der Waals surface area contributed by atoms with Crippen molar-refractivity contribution in [3.05, 3.63) is 0 Å². The Morgan fingerprint density at radius 3 is 2.19 bits per heavy atom. The van der Waals surface area contributed by atoms with E-state index >= 15 is 0 Å². The van der Waals surface area contributed by atoms with E-state index < -0.39 is 37.8 Å². The van der Waals surface area contributed by atoms with Crippen LogP contribution in [-0.4, -0.2) is 40.0 Å². The summed E-state index contributed by atoms with van der Waals surface area (Å²) in [6.07, 6.45) is -1.69. The van der Waals surface area contributed by atoms with Crippen LogP contribution in [-0.2, 0) is 14.1 Å². The van der Waals surface area contributed by atoms with Gasteiger partial charge in [-0.15, -0.1) is 0 Å². The molecule has 0 saturated carbocycles. The smallest absolute Gasteiger partial charge is 0.408 e. The van der Waals surface area contributed by atoms with Gasteiger partial charge in [-0.05, 0) is 20.8 Å².